The van der Waals surface area contributed by atoms with Gasteiger partial charge in [-0.2, -0.15) is 0 Å². The molecule has 30 heavy (non-hydrogen) atoms. The van der Waals surface area contributed by atoms with Gasteiger partial charge in [0.2, 0.25) is 0 Å². The number of Topliss-reactive ketones (excluding diaryl/α,β-unsaturated/α-hetero) is 1. The van der Waals surface area contributed by atoms with Crippen LogP contribution in [0.1, 0.15) is 80.0 Å². The smallest absolute Gasteiger partial charge is 0.317 e. The summed E-state index contributed by atoms with van der Waals surface area (Å²) < 4.78 is 9.60. The minimum Gasteiger partial charge on any atom is -0.852 e. The topological polar surface area (TPSA) is 75.2 Å². The van der Waals surface area contributed by atoms with Gasteiger partial charge in [-0.3, -0.25) is 9.59 Å². The maximum atomic E-state index is 13.8. The Bertz CT molecular complexity index is 813. The van der Waals surface area contributed by atoms with Crippen LogP contribution in [0.2, 0.25) is 0 Å². The third-order valence-corrected chi connectivity index (χ3v) is 6.34. The highest BCUT2D eigenvalue weighted by atomic mass is 31.0. The van der Waals surface area contributed by atoms with E-state index in [0.29, 0.717) is 6.42 Å². The second kappa shape index (κ2) is 8.20. The molecule has 0 bridgehead atoms. The lowest BCUT2D eigenvalue weighted by Gasteiger charge is -2.32. The van der Waals surface area contributed by atoms with Gasteiger partial charge in [0.05, 0.1) is 0 Å². The van der Waals surface area contributed by atoms with Crippen LogP contribution in [0.3, 0.4) is 0 Å². The van der Waals surface area contributed by atoms with Crippen LogP contribution in [0.5, 0.6) is 0 Å². The van der Waals surface area contributed by atoms with Gasteiger partial charge in [0.1, 0.15) is 40.6 Å². The molecule has 5 atom stereocenters. The minimum absolute atomic E-state index is 0.0480. The second-order valence-electron chi connectivity index (χ2n) is 10.6. The van der Waals surface area contributed by atoms with Crippen molar-refractivity contribution in [3.8, 4) is 0 Å². The van der Waals surface area contributed by atoms with Crippen LogP contribution in [-0.2, 0) is 25.4 Å². The molecule has 0 saturated carbocycles. The summed E-state index contributed by atoms with van der Waals surface area (Å²) in [6, 6.07) is 0. The number of cyclic esters (lactones) is 1. The van der Waals surface area contributed by atoms with Crippen LogP contribution in [0.15, 0.2) is 24.5 Å². The summed E-state index contributed by atoms with van der Waals surface area (Å²) in [4.78, 5) is 26.8. The monoisotopic (exact) mass is 436 g/mol. The summed E-state index contributed by atoms with van der Waals surface area (Å²) in [7, 11) is 2.62. The summed E-state index contributed by atoms with van der Waals surface area (Å²) in [6.45, 7) is 19.6. The van der Waals surface area contributed by atoms with Crippen molar-refractivity contribution >= 4 is 21.0 Å². The van der Waals surface area contributed by atoms with E-state index in [2.05, 4.69) is 66.5 Å². The molecule has 6 nitrogen and oxygen atoms in total. The first-order valence-corrected chi connectivity index (χ1v) is 11.1. The summed E-state index contributed by atoms with van der Waals surface area (Å²) in [5.41, 5.74) is -0.405. The first-order valence-electron chi connectivity index (χ1n) is 10.5. The number of carbonyl (C=O) groups is 2. The molecule has 168 valence electrons. The van der Waals surface area contributed by atoms with Gasteiger partial charge in [-0.05, 0) is 60.5 Å². The van der Waals surface area contributed by atoms with E-state index >= 15 is 0 Å². The molecule has 1 aliphatic heterocycles. The Morgan fingerprint density at radius 2 is 1.97 bits per heavy atom. The highest BCUT2D eigenvalue weighted by molar-refractivity contribution is 7.21. The van der Waals surface area contributed by atoms with Crippen molar-refractivity contribution in [1.82, 2.24) is 4.57 Å². The first-order chi connectivity index (χ1) is 13.5. The van der Waals surface area contributed by atoms with Crippen LogP contribution >= 0.6 is 9.24 Å². The van der Waals surface area contributed by atoms with Crippen LogP contribution in [-0.4, -0.2) is 33.7 Å². The normalized spacial score (nSPS) is 24.5. The Hall–Kier alpha value is -1.52. The van der Waals surface area contributed by atoms with Crippen LogP contribution in [0.25, 0.3) is 0 Å². The van der Waals surface area contributed by atoms with Crippen molar-refractivity contribution in [1.29, 1.82) is 0 Å². The molecule has 0 N–H and O–H groups in total. The zero-order chi connectivity index (χ0) is 23.2. The molecule has 0 aromatic carbocycles. The number of aromatic nitrogens is 2. The molecule has 7 heteroatoms. The molecular formula is C23H37N2O4P. The molecule has 1 aromatic heterocycles. The van der Waals surface area contributed by atoms with E-state index in [1.807, 2.05) is 19.3 Å². The summed E-state index contributed by atoms with van der Waals surface area (Å²) in [5, 5.41) is 10.7. The predicted octanol–water partition coefficient (Wildman–Crippen LogP) is 2.58. The van der Waals surface area contributed by atoms with Crippen LogP contribution in [0, 0.1) is 0 Å². The highest BCUT2D eigenvalue weighted by Crippen LogP contribution is 2.47. The van der Waals surface area contributed by atoms with Crippen LogP contribution in [0.4, 0.5) is 0 Å². The number of ketones is 1. The number of imidazole rings is 1. The van der Waals surface area contributed by atoms with Gasteiger partial charge in [0.15, 0.2) is 5.78 Å². The van der Waals surface area contributed by atoms with Crippen LogP contribution < -0.4 is 9.67 Å². The zero-order valence-electron chi connectivity index (χ0n) is 19.6. The molecule has 0 radical (unpaired) electrons. The Kier molecular flexibility index (Phi) is 6.76. The molecule has 2 heterocycles. The van der Waals surface area contributed by atoms with E-state index in [9.17, 15) is 14.7 Å². The van der Waals surface area contributed by atoms with E-state index in [-0.39, 0.29) is 35.0 Å². The number of carbonyl (C=O) groups excluding carboxylic acids is 2. The van der Waals surface area contributed by atoms with Gasteiger partial charge in [-0.15, -0.1) is 15.3 Å². The number of nitrogens with zero attached hydrogens (tertiary/aromatic N) is 2. The van der Waals surface area contributed by atoms with E-state index in [1.54, 1.807) is 0 Å². The lowest BCUT2D eigenvalue weighted by molar-refractivity contribution is -0.760. The molecule has 1 aromatic rings. The Labute approximate surface area is 182 Å². The molecule has 1 aliphatic rings. The molecule has 5 unspecified atom stereocenters. The van der Waals surface area contributed by atoms with Crippen molar-refractivity contribution in [2.75, 3.05) is 0 Å². The van der Waals surface area contributed by atoms with Crippen molar-refractivity contribution in [3.63, 3.8) is 0 Å². The van der Waals surface area contributed by atoms with E-state index in [4.69, 9.17) is 4.74 Å². The highest BCUT2D eigenvalue weighted by Gasteiger charge is 2.58. The van der Waals surface area contributed by atoms with Gasteiger partial charge < -0.3 is 9.84 Å². The summed E-state index contributed by atoms with van der Waals surface area (Å²) >= 11 is 0. The molecule has 0 amide bonds. The van der Waals surface area contributed by atoms with Gasteiger partial charge in [-0.1, -0.05) is 13.5 Å². The Balaban J connectivity index is 2.82. The lowest BCUT2D eigenvalue weighted by atomic mass is 9.80. The molecule has 0 aliphatic carbocycles. The van der Waals surface area contributed by atoms with Crippen molar-refractivity contribution in [2.45, 2.75) is 103 Å². The van der Waals surface area contributed by atoms with Gasteiger partial charge in [0.25, 0.3) is 5.82 Å². The molecule has 1 fully saturated rings. The van der Waals surface area contributed by atoms with Gasteiger partial charge in [0, 0.05) is 6.42 Å². The molecule has 1 saturated heterocycles. The Morgan fingerprint density at radius 1 is 1.40 bits per heavy atom. The quantitative estimate of drug-likeness (QED) is 0.297. The van der Waals surface area contributed by atoms with Gasteiger partial charge in [-0.25, -0.2) is 9.13 Å². The van der Waals surface area contributed by atoms with E-state index in [0.717, 1.165) is 5.82 Å². The lowest BCUT2D eigenvalue weighted by Crippen LogP contribution is -2.57. The number of ether oxygens (including phenoxy) is 1. The predicted molar refractivity (Wildman–Crippen MR) is 118 cm³/mol. The van der Waals surface area contributed by atoms with Crippen molar-refractivity contribution in [2.24, 2.45) is 0 Å². The average Bonchev–Trinajstić information content (AvgIpc) is 3.08. The SMILES string of the molecule is C=C(CC(C)[O-])C(=O)C(c1n(C(C)(C)C)cc[n+]1C(C)(C)C)C1(P)CC(C)OC1=O. The second-order valence-corrected chi connectivity index (χ2v) is 11.6. The van der Waals surface area contributed by atoms with Crippen molar-refractivity contribution < 1.29 is 24.0 Å². The number of hydrogen-bond acceptors (Lipinski definition) is 4. The van der Waals surface area contributed by atoms with E-state index in [1.165, 1.54) is 6.92 Å². The molecule has 0 spiro atoms. The largest absolute Gasteiger partial charge is 0.852 e. The zero-order valence-corrected chi connectivity index (χ0v) is 20.8. The minimum atomic E-state index is -1.13. The number of rotatable bonds is 6. The maximum absolute atomic E-state index is 13.8. The summed E-state index contributed by atoms with van der Waals surface area (Å²) in [5.74, 6) is -0.801. The average molecular weight is 437 g/mol. The number of hydrogen-bond donors (Lipinski definition) is 0. The molecular weight excluding hydrogens is 399 g/mol. The Morgan fingerprint density at radius 3 is 2.37 bits per heavy atom. The fourth-order valence-electron chi connectivity index (χ4n) is 4.18. The molecule has 2 rings (SSSR count). The first kappa shape index (κ1) is 24.7. The van der Waals surface area contributed by atoms with Crippen molar-refractivity contribution in [3.05, 3.63) is 30.4 Å². The third kappa shape index (κ3) is 4.70. The standard InChI is InChI=1S/C23H37N2O4P/c1-14(12-15(2)26)18(27)17(23(30)13-16(3)29-20(23)28)19-24(21(4,5)6)10-11-25(19)22(7,8)9/h10-11,15-17H,1,12-13,30H2,2-9H3. The third-order valence-electron chi connectivity index (χ3n) is 5.54. The summed E-state index contributed by atoms with van der Waals surface area (Å²) in [6.07, 6.45) is 3.12. The fourth-order valence-corrected chi connectivity index (χ4v) is 4.88. The maximum Gasteiger partial charge on any atom is 0.317 e. The fraction of sp³-hybridized carbons (Fsp3) is 0.696. The van der Waals surface area contributed by atoms with Gasteiger partial charge >= 0.3 is 5.97 Å². The van der Waals surface area contributed by atoms with E-state index < -0.39 is 23.1 Å². The number of esters is 1.